The molecule has 0 bridgehead atoms. The second-order valence-electron chi connectivity index (χ2n) is 9.84. The maximum Gasteiger partial charge on any atom is 0.410 e. The molecule has 0 radical (unpaired) electrons. The van der Waals surface area contributed by atoms with Gasteiger partial charge in [0, 0.05) is 54.6 Å². The lowest BCUT2D eigenvalue weighted by Gasteiger charge is -2.33. The number of aromatic nitrogens is 1. The molecule has 2 aromatic rings. The third kappa shape index (κ3) is 6.63. The Hall–Kier alpha value is -3.95. The molecule has 1 aliphatic heterocycles. The van der Waals surface area contributed by atoms with Gasteiger partial charge in [-0.05, 0) is 70.4 Å². The van der Waals surface area contributed by atoms with Gasteiger partial charge in [-0.2, -0.15) is 0 Å². The molecule has 2 N–H and O–H groups in total. The van der Waals surface area contributed by atoms with E-state index in [4.69, 9.17) is 14.9 Å². The van der Waals surface area contributed by atoms with Crippen LogP contribution in [0.3, 0.4) is 0 Å². The molecule has 37 heavy (non-hydrogen) atoms. The Kier molecular flexibility index (Phi) is 8.52. The van der Waals surface area contributed by atoms with E-state index < -0.39 is 22.9 Å². The van der Waals surface area contributed by atoms with Gasteiger partial charge in [-0.25, -0.2) is 14.0 Å². The van der Waals surface area contributed by atoms with E-state index in [-0.39, 0.29) is 17.7 Å². The largest absolute Gasteiger partial charge is 0.465 e. The van der Waals surface area contributed by atoms with Crippen LogP contribution in [0.5, 0.6) is 0 Å². The summed E-state index contributed by atoms with van der Waals surface area (Å²) in [5, 5.41) is 11.3. The zero-order valence-electron chi connectivity index (χ0n) is 21.8. The van der Waals surface area contributed by atoms with Crippen molar-refractivity contribution in [2.24, 2.45) is 0 Å². The average molecular weight is 513 g/mol. The molecule has 198 valence electrons. The van der Waals surface area contributed by atoms with E-state index in [0.717, 1.165) is 6.21 Å². The van der Waals surface area contributed by atoms with E-state index in [0.29, 0.717) is 48.3 Å². The number of carbonyl (C=O) groups excluding carboxylic acids is 2. The first kappa shape index (κ1) is 27.6. The lowest BCUT2D eigenvalue weighted by molar-refractivity contribution is 0.0201. The third-order valence-electron chi connectivity index (χ3n) is 6.05. The molecule has 0 unspecified atom stereocenters. The van der Waals surface area contributed by atoms with Crippen LogP contribution < -0.4 is 10.9 Å². The van der Waals surface area contributed by atoms with Gasteiger partial charge in [0.2, 0.25) is 0 Å². The van der Waals surface area contributed by atoms with Crippen molar-refractivity contribution in [2.45, 2.75) is 52.2 Å². The van der Waals surface area contributed by atoms with E-state index in [1.807, 2.05) is 20.8 Å². The SMILES string of the molecule is COC(=O)c1c(C)c(/C(C=N)=C/NC2CCN(C(=O)OC(C)(C)C)CC2)cn(-c2ccc(F)cc2)c1=O. The number of hydrogen-bond donors (Lipinski definition) is 2. The minimum atomic E-state index is -0.799. The summed E-state index contributed by atoms with van der Waals surface area (Å²) >= 11 is 0. The quantitative estimate of drug-likeness (QED) is 0.446. The van der Waals surface area contributed by atoms with Crippen LogP contribution in [0.4, 0.5) is 9.18 Å². The molecule has 0 saturated carbocycles. The number of halogens is 1. The van der Waals surface area contributed by atoms with Crippen LogP contribution in [0.2, 0.25) is 0 Å². The summed E-state index contributed by atoms with van der Waals surface area (Å²) < 4.78 is 25.0. The fourth-order valence-electron chi connectivity index (χ4n) is 4.09. The van der Waals surface area contributed by atoms with E-state index in [1.54, 1.807) is 18.0 Å². The molecule has 0 atom stereocenters. The van der Waals surface area contributed by atoms with Crippen molar-refractivity contribution in [3.05, 3.63) is 69.5 Å². The summed E-state index contributed by atoms with van der Waals surface area (Å²) in [7, 11) is 1.19. The van der Waals surface area contributed by atoms with Gasteiger partial charge in [-0.1, -0.05) is 0 Å². The number of rotatable bonds is 6. The van der Waals surface area contributed by atoms with Crippen molar-refractivity contribution in [1.82, 2.24) is 14.8 Å². The van der Waals surface area contributed by atoms with Crippen LogP contribution in [0, 0.1) is 18.2 Å². The number of allylic oxidation sites excluding steroid dienone is 1. The molecular formula is C27H33FN4O5. The number of pyridine rings is 1. The standard InChI is InChI=1S/C27H33FN4O5/c1-17-22(16-32(21-8-6-19(28)7-9-21)24(33)23(17)25(34)36-5)18(14-29)15-30-20-10-12-31(13-11-20)26(35)37-27(2,3)4/h6-9,14-16,20,29-30H,10-13H2,1-5H3/b18-15+,29-14?. The first-order chi connectivity index (χ1) is 17.4. The lowest BCUT2D eigenvalue weighted by Crippen LogP contribution is -2.45. The predicted octanol–water partition coefficient (Wildman–Crippen LogP) is 4.05. The Bertz CT molecular complexity index is 1250. The molecular weight excluding hydrogens is 479 g/mol. The number of hydrogen-bond acceptors (Lipinski definition) is 7. The van der Waals surface area contributed by atoms with Crippen LogP contribution in [0.15, 0.2) is 41.5 Å². The van der Waals surface area contributed by atoms with Crippen LogP contribution in [0.25, 0.3) is 11.3 Å². The maximum absolute atomic E-state index is 13.5. The fraction of sp³-hybridized carbons (Fsp3) is 0.407. The number of benzene rings is 1. The molecule has 0 aliphatic carbocycles. The van der Waals surface area contributed by atoms with Gasteiger partial charge in [0.25, 0.3) is 5.56 Å². The second kappa shape index (κ2) is 11.4. The molecule has 0 spiro atoms. The third-order valence-corrected chi connectivity index (χ3v) is 6.05. The van der Waals surface area contributed by atoms with E-state index in [2.05, 4.69) is 5.32 Å². The topological polar surface area (TPSA) is 114 Å². The zero-order chi connectivity index (χ0) is 27.3. The number of nitrogens with zero attached hydrogens (tertiary/aromatic N) is 2. The van der Waals surface area contributed by atoms with Gasteiger partial charge in [0.15, 0.2) is 0 Å². The molecule has 1 aromatic heterocycles. The number of esters is 1. The van der Waals surface area contributed by atoms with Gasteiger partial charge in [-0.15, -0.1) is 0 Å². The molecule has 1 aliphatic rings. The lowest BCUT2D eigenvalue weighted by atomic mass is 9.99. The Labute approximate surface area is 215 Å². The molecule has 2 heterocycles. The normalized spacial score (nSPS) is 14.8. The maximum atomic E-state index is 13.5. The number of piperidine rings is 1. The van der Waals surface area contributed by atoms with E-state index in [9.17, 15) is 18.8 Å². The Balaban J connectivity index is 1.88. The van der Waals surface area contributed by atoms with Crippen molar-refractivity contribution in [2.75, 3.05) is 20.2 Å². The van der Waals surface area contributed by atoms with Crippen LogP contribution in [-0.2, 0) is 9.47 Å². The summed E-state index contributed by atoms with van der Waals surface area (Å²) in [6.45, 7) is 8.16. The number of ether oxygens (including phenoxy) is 2. The Morgan fingerprint density at radius 2 is 1.78 bits per heavy atom. The van der Waals surface area contributed by atoms with Gasteiger partial charge < -0.3 is 25.1 Å². The van der Waals surface area contributed by atoms with Crippen molar-refractivity contribution >= 4 is 23.9 Å². The highest BCUT2D eigenvalue weighted by atomic mass is 19.1. The Morgan fingerprint density at radius 1 is 1.16 bits per heavy atom. The van der Waals surface area contributed by atoms with Crippen molar-refractivity contribution < 1.29 is 23.5 Å². The fourth-order valence-corrected chi connectivity index (χ4v) is 4.09. The predicted molar refractivity (Wildman–Crippen MR) is 139 cm³/mol. The van der Waals surface area contributed by atoms with E-state index >= 15 is 0 Å². The van der Waals surface area contributed by atoms with Crippen molar-refractivity contribution in [3.8, 4) is 5.69 Å². The van der Waals surface area contributed by atoms with Gasteiger partial charge in [-0.3, -0.25) is 9.36 Å². The highest BCUT2D eigenvalue weighted by Crippen LogP contribution is 2.22. The average Bonchev–Trinajstić information content (AvgIpc) is 2.85. The minimum absolute atomic E-state index is 0.0528. The minimum Gasteiger partial charge on any atom is -0.465 e. The second-order valence-corrected chi connectivity index (χ2v) is 9.84. The van der Waals surface area contributed by atoms with E-state index in [1.165, 1.54) is 42.1 Å². The molecule has 1 amide bonds. The monoisotopic (exact) mass is 512 g/mol. The zero-order valence-corrected chi connectivity index (χ0v) is 21.8. The number of carbonyl (C=O) groups is 2. The molecule has 10 heteroatoms. The molecule has 1 aromatic carbocycles. The summed E-state index contributed by atoms with van der Waals surface area (Å²) in [5.74, 6) is -1.26. The first-order valence-electron chi connectivity index (χ1n) is 12.0. The number of nitrogens with one attached hydrogen (secondary N) is 2. The Morgan fingerprint density at radius 3 is 2.32 bits per heavy atom. The highest BCUT2D eigenvalue weighted by molar-refractivity contribution is 6.09. The van der Waals surface area contributed by atoms with Crippen LogP contribution >= 0.6 is 0 Å². The van der Waals surface area contributed by atoms with Gasteiger partial charge in [0.1, 0.15) is 17.0 Å². The highest BCUT2D eigenvalue weighted by Gasteiger charge is 2.27. The van der Waals surface area contributed by atoms with Gasteiger partial charge in [0.05, 0.1) is 7.11 Å². The van der Waals surface area contributed by atoms with Crippen molar-refractivity contribution in [1.29, 1.82) is 5.41 Å². The van der Waals surface area contributed by atoms with Crippen LogP contribution in [0.1, 0.15) is 55.1 Å². The molecule has 9 nitrogen and oxygen atoms in total. The molecule has 1 fully saturated rings. The summed E-state index contributed by atoms with van der Waals surface area (Å²) in [6.07, 6.45) is 5.36. The number of methoxy groups -OCH3 is 1. The smallest absolute Gasteiger partial charge is 0.410 e. The van der Waals surface area contributed by atoms with Gasteiger partial charge >= 0.3 is 12.1 Å². The van der Waals surface area contributed by atoms with Crippen molar-refractivity contribution in [3.63, 3.8) is 0 Å². The number of amides is 1. The summed E-state index contributed by atoms with van der Waals surface area (Å²) in [5.41, 5.74) is 0.315. The summed E-state index contributed by atoms with van der Waals surface area (Å²) in [4.78, 5) is 39.6. The number of likely N-dealkylation sites (tertiary alicyclic amines) is 1. The first-order valence-corrected chi connectivity index (χ1v) is 12.0. The molecule has 3 rings (SSSR count). The summed E-state index contributed by atoms with van der Waals surface area (Å²) in [6, 6.07) is 5.36. The van der Waals surface area contributed by atoms with Crippen LogP contribution in [-0.4, -0.2) is 59.6 Å². The molecule has 1 saturated heterocycles.